The Bertz CT molecular complexity index is 637. The first-order valence-electron chi connectivity index (χ1n) is 5.89. The van der Waals surface area contributed by atoms with Crippen LogP contribution in [0.5, 0.6) is 0 Å². The van der Waals surface area contributed by atoms with Crippen LogP contribution in [0.15, 0.2) is 26.9 Å². The molecule has 0 aliphatic carbocycles. The van der Waals surface area contributed by atoms with E-state index in [2.05, 4.69) is 8.73 Å². The number of carbonyl (C=O) groups excluding carboxylic acids is 1. The van der Waals surface area contributed by atoms with Gasteiger partial charge in [0, 0.05) is 18.7 Å². The summed E-state index contributed by atoms with van der Waals surface area (Å²) in [5.41, 5.74) is 2.00. The van der Waals surface area contributed by atoms with Gasteiger partial charge >= 0.3 is 5.97 Å². The highest BCUT2D eigenvalue weighted by Gasteiger charge is 2.31. The SMILES string of the molecule is O=C(O)C1CCN(C(=O)c2ccc3c(c2)N=S=N3)C1. The number of benzene rings is 1. The van der Waals surface area contributed by atoms with E-state index in [0.29, 0.717) is 24.2 Å². The Morgan fingerprint density at radius 2 is 2.11 bits per heavy atom. The predicted octanol–water partition coefficient (Wildman–Crippen LogP) is 1.96. The van der Waals surface area contributed by atoms with Gasteiger partial charge in [-0.3, -0.25) is 9.59 Å². The fourth-order valence-corrected chi connectivity index (χ4v) is 2.76. The van der Waals surface area contributed by atoms with Crippen molar-refractivity contribution in [3.63, 3.8) is 0 Å². The maximum atomic E-state index is 12.3. The second kappa shape index (κ2) is 4.58. The molecule has 1 unspecified atom stereocenters. The average molecular weight is 277 g/mol. The number of amides is 1. The molecule has 98 valence electrons. The summed E-state index contributed by atoms with van der Waals surface area (Å²) >= 11 is 1.11. The number of nitrogens with zero attached hydrogens (tertiary/aromatic N) is 3. The first-order chi connectivity index (χ1) is 9.15. The molecule has 7 heteroatoms. The molecule has 2 heterocycles. The molecule has 2 aliphatic rings. The summed E-state index contributed by atoms with van der Waals surface area (Å²) in [5, 5.41) is 8.94. The standard InChI is InChI=1S/C12H11N3O3S/c16-11(15-4-3-8(6-15)12(17)18)7-1-2-9-10(5-7)14-19-13-9/h1-2,5,8H,3-4,6H2,(H,17,18). The Kier molecular flexibility index (Phi) is 2.90. The van der Waals surface area contributed by atoms with E-state index in [1.165, 1.54) is 0 Å². The first kappa shape index (κ1) is 12.0. The second-order valence-electron chi connectivity index (χ2n) is 4.54. The largest absolute Gasteiger partial charge is 0.481 e. The van der Waals surface area contributed by atoms with Crippen LogP contribution in [0.1, 0.15) is 16.8 Å². The predicted molar refractivity (Wildman–Crippen MR) is 69.6 cm³/mol. The molecular formula is C12H11N3O3S. The van der Waals surface area contributed by atoms with E-state index in [9.17, 15) is 9.59 Å². The van der Waals surface area contributed by atoms with E-state index >= 15 is 0 Å². The molecule has 19 heavy (non-hydrogen) atoms. The first-order valence-corrected chi connectivity index (χ1v) is 6.62. The lowest BCUT2D eigenvalue weighted by Gasteiger charge is -2.15. The van der Waals surface area contributed by atoms with E-state index in [1.807, 2.05) is 0 Å². The molecule has 1 atom stereocenters. The van der Waals surface area contributed by atoms with Gasteiger partial charge in [0.2, 0.25) is 0 Å². The lowest BCUT2D eigenvalue weighted by molar-refractivity contribution is -0.141. The summed E-state index contributed by atoms with van der Waals surface area (Å²) in [4.78, 5) is 24.7. The highest BCUT2D eigenvalue weighted by atomic mass is 32.1. The van der Waals surface area contributed by atoms with Crippen LogP contribution in [-0.2, 0) is 16.1 Å². The number of fused-ring (bicyclic) bond motifs is 1. The number of hydrogen-bond donors (Lipinski definition) is 1. The third-order valence-corrected chi connectivity index (χ3v) is 3.88. The Morgan fingerprint density at radius 1 is 1.32 bits per heavy atom. The maximum Gasteiger partial charge on any atom is 0.308 e. The third-order valence-electron chi connectivity index (χ3n) is 3.33. The normalized spacial score (nSPS) is 20.2. The Hall–Kier alpha value is -2.02. The van der Waals surface area contributed by atoms with Crippen LogP contribution in [-0.4, -0.2) is 35.0 Å². The van der Waals surface area contributed by atoms with Gasteiger partial charge in [-0.15, -0.1) is 0 Å². The van der Waals surface area contributed by atoms with Gasteiger partial charge in [-0.25, -0.2) is 0 Å². The van der Waals surface area contributed by atoms with Gasteiger partial charge in [-0.2, -0.15) is 8.73 Å². The van der Waals surface area contributed by atoms with E-state index in [-0.39, 0.29) is 12.5 Å². The summed E-state index contributed by atoms with van der Waals surface area (Å²) in [7, 11) is 0. The number of aliphatic carboxylic acids is 1. The quantitative estimate of drug-likeness (QED) is 0.910. The highest BCUT2D eigenvalue weighted by Crippen LogP contribution is 2.32. The lowest BCUT2D eigenvalue weighted by atomic mass is 10.1. The lowest BCUT2D eigenvalue weighted by Crippen LogP contribution is -2.29. The molecule has 1 aromatic carbocycles. The van der Waals surface area contributed by atoms with Crippen molar-refractivity contribution in [3.8, 4) is 0 Å². The van der Waals surface area contributed by atoms with E-state index in [1.54, 1.807) is 23.1 Å². The Balaban J connectivity index is 1.78. The van der Waals surface area contributed by atoms with Crippen LogP contribution in [0.3, 0.4) is 0 Å². The minimum Gasteiger partial charge on any atom is -0.481 e. The minimum atomic E-state index is -0.838. The molecule has 0 aromatic heterocycles. The summed E-state index contributed by atoms with van der Waals surface area (Å²) in [5.74, 6) is -1.43. The van der Waals surface area contributed by atoms with Gasteiger partial charge in [-0.05, 0) is 24.6 Å². The zero-order valence-electron chi connectivity index (χ0n) is 9.94. The number of carbonyl (C=O) groups is 2. The second-order valence-corrected chi connectivity index (χ2v) is 5.07. The molecule has 0 saturated carbocycles. The monoisotopic (exact) mass is 277 g/mol. The molecule has 1 amide bonds. The van der Waals surface area contributed by atoms with Crippen molar-refractivity contribution in [1.29, 1.82) is 0 Å². The fourth-order valence-electron chi connectivity index (χ4n) is 2.24. The van der Waals surface area contributed by atoms with E-state index < -0.39 is 11.9 Å². The molecule has 1 fully saturated rings. The van der Waals surface area contributed by atoms with Crippen molar-refractivity contribution in [1.82, 2.24) is 4.90 Å². The number of rotatable bonds is 2. The van der Waals surface area contributed by atoms with Crippen molar-refractivity contribution >= 4 is 34.6 Å². The summed E-state index contributed by atoms with van der Waals surface area (Å²) in [6.45, 7) is 0.769. The molecule has 1 N–H and O–H groups in total. The Labute approximate surface area is 112 Å². The van der Waals surface area contributed by atoms with Gasteiger partial charge in [-0.1, -0.05) is 0 Å². The number of likely N-dealkylation sites (tertiary alicyclic amines) is 1. The number of hydrogen-bond acceptors (Lipinski definition) is 4. The van der Waals surface area contributed by atoms with Crippen molar-refractivity contribution in [2.75, 3.05) is 13.1 Å². The molecule has 3 rings (SSSR count). The van der Waals surface area contributed by atoms with Gasteiger partial charge in [0.1, 0.15) is 11.4 Å². The zero-order chi connectivity index (χ0) is 13.4. The topological polar surface area (TPSA) is 82.3 Å². The molecule has 1 aromatic rings. The fraction of sp³-hybridized carbons (Fsp3) is 0.333. The van der Waals surface area contributed by atoms with Crippen LogP contribution < -0.4 is 0 Å². The average Bonchev–Trinajstić information content (AvgIpc) is 3.06. The van der Waals surface area contributed by atoms with Crippen LogP contribution >= 0.6 is 0 Å². The number of carboxylic acid groups (broad SMARTS) is 1. The summed E-state index contributed by atoms with van der Waals surface area (Å²) in [6.07, 6.45) is 0.515. The van der Waals surface area contributed by atoms with Gasteiger partial charge in [0.25, 0.3) is 5.91 Å². The molecule has 0 spiro atoms. The molecular weight excluding hydrogens is 266 g/mol. The van der Waals surface area contributed by atoms with Gasteiger partial charge in [0.05, 0.1) is 17.3 Å². The van der Waals surface area contributed by atoms with Crippen LogP contribution in [0.25, 0.3) is 0 Å². The Morgan fingerprint density at radius 3 is 2.84 bits per heavy atom. The van der Waals surface area contributed by atoms with Crippen molar-refractivity contribution in [2.24, 2.45) is 14.6 Å². The van der Waals surface area contributed by atoms with Crippen molar-refractivity contribution in [3.05, 3.63) is 23.8 Å². The molecule has 0 bridgehead atoms. The summed E-state index contributed by atoms with van der Waals surface area (Å²) < 4.78 is 8.18. The van der Waals surface area contributed by atoms with E-state index in [0.717, 1.165) is 17.0 Å². The smallest absolute Gasteiger partial charge is 0.308 e. The van der Waals surface area contributed by atoms with Crippen molar-refractivity contribution < 1.29 is 14.7 Å². The molecule has 6 nitrogen and oxygen atoms in total. The highest BCUT2D eigenvalue weighted by molar-refractivity contribution is 7.58. The van der Waals surface area contributed by atoms with Gasteiger partial charge < -0.3 is 10.0 Å². The molecule has 2 aliphatic heterocycles. The molecule has 1 saturated heterocycles. The summed E-state index contributed by atoms with van der Waals surface area (Å²) in [6, 6.07) is 5.17. The maximum absolute atomic E-state index is 12.3. The number of carboxylic acids is 1. The van der Waals surface area contributed by atoms with Crippen LogP contribution in [0.2, 0.25) is 0 Å². The molecule has 0 radical (unpaired) electrons. The zero-order valence-corrected chi connectivity index (χ0v) is 10.8. The van der Waals surface area contributed by atoms with Gasteiger partial charge in [0.15, 0.2) is 0 Å². The minimum absolute atomic E-state index is 0.140. The third kappa shape index (κ3) is 2.17. The van der Waals surface area contributed by atoms with Crippen LogP contribution in [0.4, 0.5) is 11.4 Å². The van der Waals surface area contributed by atoms with Crippen LogP contribution in [0, 0.1) is 5.92 Å². The van der Waals surface area contributed by atoms with Crippen molar-refractivity contribution in [2.45, 2.75) is 6.42 Å². The van der Waals surface area contributed by atoms with E-state index in [4.69, 9.17) is 5.11 Å².